The summed E-state index contributed by atoms with van der Waals surface area (Å²) < 4.78 is 101. The number of ether oxygens (including phenoxy) is 2. The Balaban J connectivity index is 1.60. The molecule has 1 aromatic carbocycles. The summed E-state index contributed by atoms with van der Waals surface area (Å²) in [5.41, 5.74) is 0. The zero-order valence-corrected chi connectivity index (χ0v) is 16.6. The average Bonchev–Trinajstić information content (AvgIpc) is 2.64. The lowest BCUT2D eigenvalue weighted by Gasteiger charge is -2.38. The molecule has 0 atom stereocenters. The van der Waals surface area contributed by atoms with E-state index in [1.54, 1.807) is 0 Å². The third-order valence-corrected chi connectivity index (χ3v) is 6.42. The first kappa shape index (κ1) is 23.0. The summed E-state index contributed by atoms with van der Waals surface area (Å²) in [5.74, 6) is -5.58. The molecule has 0 amide bonds. The van der Waals surface area contributed by atoms with Gasteiger partial charge in [0.2, 0.25) is 5.75 Å². The van der Waals surface area contributed by atoms with Crippen LogP contribution in [-0.4, -0.2) is 12.5 Å². The fourth-order valence-electron chi connectivity index (χ4n) is 4.73. The van der Waals surface area contributed by atoms with Gasteiger partial charge in [-0.05, 0) is 56.3 Å². The number of halogens is 7. The average molecular weight is 442 g/mol. The van der Waals surface area contributed by atoms with Gasteiger partial charge in [0, 0.05) is 12.1 Å². The van der Waals surface area contributed by atoms with Crippen LogP contribution in [0.1, 0.15) is 58.3 Å². The maximum absolute atomic E-state index is 14.6. The highest BCUT2D eigenvalue weighted by atomic mass is 19.4. The third kappa shape index (κ3) is 5.72. The van der Waals surface area contributed by atoms with Crippen molar-refractivity contribution < 1.29 is 40.2 Å². The third-order valence-electron chi connectivity index (χ3n) is 6.42. The Kier molecular flexibility index (Phi) is 6.77. The van der Waals surface area contributed by atoms with Crippen molar-refractivity contribution in [3.05, 3.63) is 23.8 Å². The Bertz CT molecular complexity index is 696. The predicted molar refractivity (Wildman–Crippen MR) is 95.2 cm³/mol. The van der Waals surface area contributed by atoms with Crippen molar-refractivity contribution in [3.8, 4) is 11.5 Å². The van der Waals surface area contributed by atoms with Crippen LogP contribution in [0.5, 0.6) is 11.5 Å². The van der Waals surface area contributed by atoms with Crippen LogP contribution in [0, 0.1) is 35.3 Å². The van der Waals surface area contributed by atoms with Gasteiger partial charge in [-0.25, -0.2) is 8.78 Å². The van der Waals surface area contributed by atoms with Crippen LogP contribution < -0.4 is 9.47 Å². The van der Waals surface area contributed by atoms with Crippen molar-refractivity contribution in [3.63, 3.8) is 0 Å². The van der Waals surface area contributed by atoms with E-state index in [1.807, 2.05) is 0 Å². The molecule has 0 heterocycles. The predicted octanol–water partition coefficient (Wildman–Crippen LogP) is 7.47. The second-order valence-electron chi connectivity index (χ2n) is 8.56. The second-order valence-corrected chi connectivity index (χ2v) is 8.56. The molecule has 9 heteroatoms. The summed E-state index contributed by atoms with van der Waals surface area (Å²) >= 11 is 0. The topological polar surface area (TPSA) is 18.5 Å². The van der Waals surface area contributed by atoms with Gasteiger partial charge in [-0.2, -0.15) is 8.78 Å². The minimum atomic E-state index is -5.32. The molecule has 0 aromatic heterocycles. The van der Waals surface area contributed by atoms with E-state index in [0.29, 0.717) is 30.6 Å². The van der Waals surface area contributed by atoms with Gasteiger partial charge in [0.1, 0.15) is 5.75 Å². The van der Waals surface area contributed by atoms with Crippen molar-refractivity contribution in [2.24, 2.45) is 23.7 Å². The summed E-state index contributed by atoms with van der Waals surface area (Å²) in [6, 6.07) is 0.541. The molecule has 0 saturated heterocycles. The molecule has 0 unspecified atom stereocenters. The Hall–Kier alpha value is -1.67. The van der Waals surface area contributed by atoms with Gasteiger partial charge in [0.25, 0.3) is 0 Å². The molecule has 0 N–H and O–H groups in total. The van der Waals surface area contributed by atoms with E-state index >= 15 is 0 Å². The zero-order valence-electron chi connectivity index (χ0n) is 16.6. The molecule has 3 rings (SSSR count). The van der Waals surface area contributed by atoms with E-state index < -0.39 is 41.5 Å². The summed E-state index contributed by atoms with van der Waals surface area (Å²) in [5, 5.41) is 0. The number of alkyl halides is 5. The van der Waals surface area contributed by atoms with Crippen LogP contribution in [0.2, 0.25) is 0 Å². The fraction of sp³-hybridized carbons (Fsp3) is 0.714. The second kappa shape index (κ2) is 8.83. The number of hydrogen-bond donors (Lipinski definition) is 0. The Morgan fingerprint density at radius 1 is 0.733 bits per heavy atom. The molecule has 1 aromatic rings. The van der Waals surface area contributed by atoms with Crippen molar-refractivity contribution in [2.75, 3.05) is 0 Å². The first-order chi connectivity index (χ1) is 13.9. The standard InChI is InChI=1S/C21H25F7O2/c1-12-2-4-13(5-3-12)14-6-8-15(9-7-14)20(24,25)29-16-10-17(22)19(18(23)11-16)30-21(26,27)28/h10-15H,2-9H2,1H3. The highest BCUT2D eigenvalue weighted by Crippen LogP contribution is 2.45. The summed E-state index contributed by atoms with van der Waals surface area (Å²) in [4.78, 5) is 0. The normalized spacial score (nSPS) is 28.3. The van der Waals surface area contributed by atoms with Crippen LogP contribution in [0.3, 0.4) is 0 Å². The fourth-order valence-corrected chi connectivity index (χ4v) is 4.73. The summed E-state index contributed by atoms with van der Waals surface area (Å²) in [6.07, 6.45) is -2.70. The van der Waals surface area contributed by atoms with E-state index in [4.69, 9.17) is 0 Å². The van der Waals surface area contributed by atoms with Crippen LogP contribution in [0.25, 0.3) is 0 Å². The Morgan fingerprint density at radius 3 is 1.67 bits per heavy atom. The molecule has 0 bridgehead atoms. The van der Waals surface area contributed by atoms with Gasteiger partial charge in [-0.1, -0.05) is 19.8 Å². The van der Waals surface area contributed by atoms with E-state index in [-0.39, 0.29) is 25.0 Å². The molecule has 2 nitrogen and oxygen atoms in total. The van der Waals surface area contributed by atoms with Crippen molar-refractivity contribution in [1.29, 1.82) is 0 Å². The van der Waals surface area contributed by atoms with Gasteiger partial charge in [-0.3, -0.25) is 0 Å². The van der Waals surface area contributed by atoms with Crippen LogP contribution >= 0.6 is 0 Å². The minimum absolute atomic E-state index is 0.226. The molecular formula is C21H25F7O2. The lowest BCUT2D eigenvalue weighted by atomic mass is 9.69. The summed E-state index contributed by atoms with van der Waals surface area (Å²) in [7, 11) is 0. The lowest BCUT2D eigenvalue weighted by Crippen LogP contribution is -2.38. The number of rotatable bonds is 5. The quantitative estimate of drug-likeness (QED) is 0.441. The van der Waals surface area contributed by atoms with Crippen LogP contribution in [-0.2, 0) is 0 Å². The SMILES string of the molecule is CC1CCC(C2CCC(C(F)(F)Oc3cc(F)c(OC(F)(F)F)c(F)c3)CC2)CC1. The van der Waals surface area contributed by atoms with Crippen LogP contribution in [0.15, 0.2) is 12.1 Å². The molecule has 2 aliphatic rings. The molecule has 2 fully saturated rings. The molecule has 2 aliphatic carbocycles. The summed E-state index contributed by atoms with van der Waals surface area (Å²) in [6.45, 7) is 2.22. The van der Waals surface area contributed by atoms with Crippen LogP contribution in [0.4, 0.5) is 30.7 Å². The van der Waals surface area contributed by atoms with E-state index in [0.717, 1.165) is 25.7 Å². The first-order valence-electron chi connectivity index (χ1n) is 10.3. The van der Waals surface area contributed by atoms with Crippen molar-refractivity contribution in [1.82, 2.24) is 0 Å². The molecule has 0 radical (unpaired) electrons. The largest absolute Gasteiger partial charge is 0.573 e. The highest BCUT2D eigenvalue weighted by Gasteiger charge is 2.45. The molecule has 0 aliphatic heterocycles. The van der Waals surface area contributed by atoms with Gasteiger partial charge < -0.3 is 9.47 Å². The highest BCUT2D eigenvalue weighted by molar-refractivity contribution is 5.35. The molecule has 170 valence electrons. The molecule has 0 spiro atoms. The maximum atomic E-state index is 14.6. The smallest absolute Gasteiger partial charge is 0.432 e. The molecule has 2 saturated carbocycles. The van der Waals surface area contributed by atoms with Crippen molar-refractivity contribution >= 4 is 0 Å². The lowest BCUT2D eigenvalue weighted by molar-refractivity contribution is -0.276. The van der Waals surface area contributed by atoms with E-state index in [1.165, 1.54) is 0 Å². The molecular weight excluding hydrogens is 417 g/mol. The number of hydrogen-bond acceptors (Lipinski definition) is 2. The first-order valence-corrected chi connectivity index (χ1v) is 10.3. The minimum Gasteiger partial charge on any atom is -0.432 e. The Morgan fingerprint density at radius 2 is 1.20 bits per heavy atom. The zero-order chi connectivity index (χ0) is 22.1. The maximum Gasteiger partial charge on any atom is 0.573 e. The monoisotopic (exact) mass is 442 g/mol. The number of benzene rings is 1. The molecule has 30 heavy (non-hydrogen) atoms. The van der Waals surface area contributed by atoms with Gasteiger partial charge >= 0.3 is 12.5 Å². The van der Waals surface area contributed by atoms with Crippen molar-refractivity contribution in [2.45, 2.75) is 70.8 Å². The van der Waals surface area contributed by atoms with Gasteiger partial charge in [0.15, 0.2) is 11.6 Å². The van der Waals surface area contributed by atoms with Gasteiger partial charge in [0.05, 0.1) is 5.92 Å². The van der Waals surface area contributed by atoms with E-state index in [9.17, 15) is 30.7 Å². The Labute approximate surface area is 170 Å². The van der Waals surface area contributed by atoms with Gasteiger partial charge in [-0.15, -0.1) is 13.2 Å². The van der Waals surface area contributed by atoms with E-state index in [2.05, 4.69) is 16.4 Å².